The highest BCUT2D eigenvalue weighted by atomic mass is 32.2. The maximum absolute atomic E-state index is 11.2. The number of anilines is 1. The minimum absolute atomic E-state index is 0.175. The van der Waals surface area contributed by atoms with Crippen molar-refractivity contribution in [2.45, 2.75) is 17.9 Å². The number of nitrogens with two attached hydrogens (primary N) is 1. The highest BCUT2D eigenvalue weighted by Crippen LogP contribution is 2.14. The van der Waals surface area contributed by atoms with Crippen molar-refractivity contribution in [3.63, 3.8) is 0 Å². The summed E-state index contributed by atoms with van der Waals surface area (Å²) >= 11 is 0. The van der Waals surface area contributed by atoms with Crippen LogP contribution in [0.25, 0.3) is 0 Å². The maximum Gasteiger partial charge on any atom is 0.175 e. The Hall–Kier alpha value is -1.07. The van der Waals surface area contributed by atoms with Crippen molar-refractivity contribution in [3.8, 4) is 0 Å². The zero-order chi connectivity index (χ0) is 11.5. The molecule has 1 atom stereocenters. The Morgan fingerprint density at radius 2 is 1.87 bits per heavy atom. The molecule has 15 heavy (non-hydrogen) atoms. The highest BCUT2D eigenvalue weighted by Gasteiger charge is 2.06. The zero-order valence-electron chi connectivity index (χ0n) is 8.90. The summed E-state index contributed by atoms with van der Waals surface area (Å²) in [6.07, 6.45) is 1.19. The molecule has 0 aliphatic heterocycles. The van der Waals surface area contributed by atoms with E-state index in [1.54, 1.807) is 24.3 Å². The second-order valence-electron chi connectivity index (χ2n) is 3.58. The smallest absolute Gasteiger partial charge is 0.175 e. The van der Waals surface area contributed by atoms with Gasteiger partial charge in [-0.1, -0.05) is 0 Å². The number of benzene rings is 1. The van der Waals surface area contributed by atoms with E-state index in [2.05, 4.69) is 5.32 Å². The Morgan fingerprint density at radius 1 is 1.33 bits per heavy atom. The van der Waals surface area contributed by atoms with E-state index in [1.807, 2.05) is 6.92 Å². The molecule has 0 radical (unpaired) electrons. The molecule has 1 rings (SSSR count). The quantitative estimate of drug-likeness (QED) is 0.801. The first kappa shape index (κ1) is 12.0. The largest absolute Gasteiger partial charge is 0.381 e. The second-order valence-corrected chi connectivity index (χ2v) is 5.59. The van der Waals surface area contributed by atoms with Gasteiger partial charge in [0.15, 0.2) is 9.84 Å². The van der Waals surface area contributed by atoms with Crippen LogP contribution in [0.2, 0.25) is 0 Å². The van der Waals surface area contributed by atoms with Crippen LogP contribution in [-0.4, -0.2) is 27.3 Å². The molecular formula is C10H16N2O2S. The molecule has 1 aromatic rings. The second kappa shape index (κ2) is 4.63. The number of nitrogens with one attached hydrogen (secondary N) is 1. The Kier molecular flexibility index (Phi) is 3.71. The molecule has 0 amide bonds. The van der Waals surface area contributed by atoms with Crippen LogP contribution >= 0.6 is 0 Å². The van der Waals surface area contributed by atoms with Crippen LogP contribution in [0.15, 0.2) is 29.2 Å². The molecule has 1 unspecified atom stereocenters. The van der Waals surface area contributed by atoms with Gasteiger partial charge in [0.2, 0.25) is 0 Å². The highest BCUT2D eigenvalue weighted by molar-refractivity contribution is 7.90. The van der Waals surface area contributed by atoms with Gasteiger partial charge in [-0.3, -0.25) is 0 Å². The van der Waals surface area contributed by atoms with Gasteiger partial charge in [-0.05, 0) is 31.2 Å². The number of hydrogen-bond donors (Lipinski definition) is 2. The van der Waals surface area contributed by atoms with Crippen molar-refractivity contribution in [2.75, 3.05) is 18.1 Å². The molecule has 4 nitrogen and oxygen atoms in total. The standard InChI is InChI=1S/C10H16N2O2S/c1-8(7-11)12-9-3-5-10(6-4-9)15(2,13)14/h3-6,8,12H,7,11H2,1-2H3. The van der Waals surface area contributed by atoms with E-state index in [1.165, 1.54) is 6.26 Å². The summed E-state index contributed by atoms with van der Waals surface area (Å²) in [5, 5.41) is 3.15. The Labute approximate surface area is 90.4 Å². The van der Waals surface area contributed by atoms with E-state index in [9.17, 15) is 8.42 Å². The molecule has 0 saturated carbocycles. The molecular weight excluding hydrogens is 212 g/mol. The lowest BCUT2D eigenvalue weighted by molar-refractivity contribution is 0.602. The van der Waals surface area contributed by atoms with E-state index < -0.39 is 9.84 Å². The van der Waals surface area contributed by atoms with Crippen LogP contribution in [0, 0.1) is 0 Å². The molecule has 3 N–H and O–H groups in total. The normalized spacial score (nSPS) is 13.5. The summed E-state index contributed by atoms with van der Waals surface area (Å²) in [4.78, 5) is 0.327. The fourth-order valence-electron chi connectivity index (χ4n) is 1.14. The topological polar surface area (TPSA) is 72.2 Å². The summed E-state index contributed by atoms with van der Waals surface area (Å²) < 4.78 is 22.4. The molecule has 0 aliphatic rings. The molecule has 0 heterocycles. The van der Waals surface area contributed by atoms with Crippen LogP contribution in [0.1, 0.15) is 6.92 Å². The molecule has 5 heteroatoms. The van der Waals surface area contributed by atoms with Crippen LogP contribution in [0.5, 0.6) is 0 Å². The van der Waals surface area contributed by atoms with E-state index in [0.717, 1.165) is 5.69 Å². The summed E-state index contributed by atoms with van der Waals surface area (Å²) in [5.74, 6) is 0. The van der Waals surface area contributed by atoms with E-state index in [0.29, 0.717) is 11.4 Å². The molecule has 0 aliphatic carbocycles. The lowest BCUT2D eigenvalue weighted by Crippen LogP contribution is -2.25. The van der Waals surface area contributed by atoms with Crippen LogP contribution < -0.4 is 11.1 Å². The summed E-state index contributed by atoms with van der Waals surface area (Å²) in [6, 6.07) is 6.82. The molecule has 1 aromatic carbocycles. The monoisotopic (exact) mass is 228 g/mol. The van der Waals surface area contributed by atoms with Gasteiger partial charge in [0, 0.05) is 24.5 Å². The lowest BCUT2D eigenvalue weighted by atomic mass is 10.2. The average Bonchev–Trinajstić information content (AvgIpc) is 2.17. The molecule has 0 fully saturated rings. The Bertz CT molecular complexity index is 412. The Morgan fingerprint density at radius 3 is 2.27 bits per heavy atom. The molecule has 0 saturated heterocycles. The predicted octanol–water partition coefficient (Wildman–Crippen LogP) is 0.849. The summed E-state index contributed by atoms with van der Waals surface area (Å²) in [5.41, 5.74) is 6.34. The third-order valence-corrected chi connectivity index (χ3v) is 3.18. The van der Waals surface area contributed by atoms with Crippen LogP contribution in [-0.2, 0) is 9.84 Å². The van der Waals surface area contributed by atoms with Crippen molar-refractivity contribution >= 4 is 15.5 Å². The summed E-state index contributed by atoms with van der Waals surface area (Å²) in [6.45, 7) is 2.50. The van der Waals surface area contributed by atoms with Gasteiger partial charge in [0.1, 0.15) is 0 Å². The van der Waals surface area contributed by atoms with Crippen molar-refractivity contribution in [1.29, 1.82) is 0 Å². The molecule has 0 spiro atoms. The fraction of sp³-hybridized carbons (Fsp3) is 0.400. The SMILES string of the molecule is CC(CN)Nc1ccc(S(C)(=O)=O)cc1. The number of hydrogen-bond acceptors (Lipinski definition) is 4. The van der Waals surface area contributed by atoms with Crippen molar-refractivity contribution in [3.05, 3.63) is 24.3 Å². The van der Waals surface area contributed by atoms with Crippen molar-refractivity contribution < 1.29 is 8.42 Å². The first-order valence-electron chi connectivity index (χ1n) is 4.70. The first-order valence-corrected chi connectivity index (χ1v) is 6.59. The van der Waals surface area contributed by atoms with Gasteiger partial charge in [-0.15, -0.1) is 0 Å². The Balaban J connectivity index is 2.82. The predicted molar refractivity (Wildman–Crippen MR) is 61.7 cm³/mol. The zero-order valence-corrected chi connectivity index (χ0v) is 9.71. The van der Waals surface area contributed by atoms with Gasteiger partial charge in [-0.25, -0.2) is 8.42 Å². The van der Waals surface area contributed by atoms with Gasteiger partial charge in [0.05, 0.1) is 4.90 Å². The van der Waals surface area contributed by atoms with Gasteiger partial charge in [-0.2, -0.15) is 0 Å². The third-order valence-electron chi connectivity index (χ3n) is 2.05. The van der Waals surface area contributed by atoms with Gasteiger partial charge >= 0.3 is 0 Å². The van der Waals surface area contributed by atoms with Crippen molar-refractivity contribution in [2.24, 2.45) is 5.73 Å². The average molecular weight is 228 g/mol. The number of rotatable bonds is 4. The fourth-order valence-corrected chi connectivity index (χ4v) is 1.77. The third kappa shape index (κ3) is 3.53. The minimum Gasteiger partial charge on any atom is -0.381 e. The van der Waals surface area contributed by atoms with Gasteiger partial charge < -0.3 is 11.1 Å². The molecule has 0 bridgehead atoms. The minimum atomic E-state index is -3.11. The van der Waals surface area contributed by atoms with E-state index in [-0.39, 0.29) is 6.04 Å². The van der Waals surface area contributed by atoms with Crippen LogP contribution in [0.4, 0.5) is 5.69 Å². The van der Waals surface area contributed by atoms with E-state index in [4.69, 9.17) is 5.73 Å². The van der Waals surface area contributed by atoms with E-state index >= 15 is 0 Å². The van der Waals surface area contributed by atoms with Crippen LogP contribution in [0.3, 0.4) is 0 Å². The molecule has 84 valence electrons. The van der Waals surface area contributed by atoms with Crippen molar-refractivity contribution in [1.82, 2.24) is 0 Å². The number of sulfone groups is 1. The maximum atomic E-state index is 11.2. The molecule has 0 aromatic heterocycles. The first-order chi connectivity index (χ1) is 6.93. The lowest BCUT2D eigenvalue weighted by Gasteiger charge is -2.12. The summed E-state index contributed by atoms with van der Waals surface area (Å²) in [7, 11) is -3.11. The van der Waals surface area contributed by atoms with Gasteiger partial charge in [0.25, 0.3) is 0 Å².